The second-order valence-corrected chi connectivity index (χ2v) is 7.23. The van der Waals surface area contributed by atoms with E-state index in [1.165, 1.54) is 5.56 Å². The van der Waals surface area contributed by atoms with Crippen LogP contribution in [0.3, 0.4) is 0 Å². The molecule has 0 aliphatic heterocycles. The Kier molecular flexibility index (Phi) is 7.03. The topological polar surface area (TPSA) is 61.8 Å². The highest BCUT2D eigenvalue weighted by molar-refractivity contribution is 5.78. The first-order chi connectivity index (χ1) is 10.6. The van der Waals surface area contributed by atoms with Gasteiger partial charge in [0, 0.05) is 12.1 Å². The van der Waals surface area contributed by atoms with E-state index in [2.05, 4.69) is 5.32 Å². The van der Waals surface area contributed by atoms with Crippen molar-refractivity contribution >= 4 is 5.91 Å². The number of carbonyl (C=O) groups excluding carboxylic acids is 1. The third kappa shape index (κ3) is 8.00. The number of likely N-dealkylation sites (N-methyl/N-ethyl adjacent to an activating group) is 1. The minimum atomic E-state index is -0.650. The number of hydrogen-bond acceptors (Lipinski definition) is 4. The van der Waals surface area contributed by atoms with E-state index >= 15 is 0 Å². The van der Waals surface area contributed by atoms with Gasteiger partial charge in [-0.1, -0.05) is 17.7 Å². The number of hydrogen-bond donors (Lipinski definition) is 2. The van der Waals surface area contributed by atoms with Crippen molar-refractivity contribution in [2.24, 2.45) is 0 Å². The molecule has 5 heteroatoms. The van der Waals surface area contributed by atoms with E-state index in [4.69, 9.17) is 4.74 Å². The van der Waals surface area contributed by atoms with E-state index in [0.717, 1.165) is 11.3 Å². The monoisotopic (exact) mass is 322 g/mol. The second kappa shape index (κ2) is 8.31. The molecule has 23 heavy (non-hydrogen) atoms. The maximum atomic E-state index is 11.8. The number of nitrogens with one attached hydrogen (secondary N) is 1. The van der Waals surface area contributed by atoms with Crippen LogP contribution in [-0.2, 0) is 4.79 Å². The Bertz CT molecular complexity index is 523. The molecular formula is C18H30N2O3. The molecule has 0 heterocycles. The largest absolute Gasteiger partial charge is 0.491 e. The molecule has 1 unspecified atom stereocenters. The fourth-order valence-electron chi connectivity index (χ4n) is 2.33. The molecule has 0 aromatic heterocycles. The lowest BCUT2D eigenvalue weighted by Crippen LogP contribution is -2.46. The molecule has 0 aliphatic rings. The standard InChI is InChI=1S/C18H30N2O3/c1-13-7-8-16(14(2)9-13)23-12-15(21)10-20(6)11-17(22)19-18(3,4)5/h7-9,15,21H,10-12H2,1-6H3,(H,19,22). The molecule has 1 rings (SSSR count). The van der Waals surface area contributed by atoms with Gasteiger partial charge in [0.25, 0.3) is 0 Å². The van der Waals surface area contributed by atoms with Crippen molar-refractivity contribution in [1.29, 1.82) is 0 Å². The molecule has 2 N–H and O–H groups in total. The Labute approximate surface area is 139 Å². The first-order valence-electron chi connectivity index (χ1n) is 7.94. The van der Waals surface area contributed by atoms with Gasteiger partial charge in [-0.05, 0) is 53.3 Å². The van der Waals surface area contributed by atoms with E-state index in [-0.39, 0.29) is 24.6 Å². The summed E-state index contributed by atoms with van der Waals surface area (Å²) in [5.41, 5.74) is 1.98. The summed E-state index contributed by atoms with van der Waals surface area (Å²) in [5, 5.41) is 13.0. The van der Waals surface area contributed by atoms with Crippen LogP contribution in [0.15, 0.2) is 18.2 Å². The number of nitrogens with zero attached hydrogens (tertiary/aromatic N) is 1. The van der Waals surface area contributed by atoms with E-state index in [9.17, 15) is 9.90 Å². The van der Waals surface area contributed by atoms with Crippen LogP contribution in [0.4, 0.5) is 0 Å². The van der Waals surface area contributed by atoms with Crippen molar-refractivity contribution in [3.8, 4) is 5.75 Å². The third-order valence-electron chi connectivity index (χ3n) is 3.21. The quantitative estimate of drug-likeness (QED) is 0.805. The van der Waals surface area contributed by atoms with Gasteiger partial charge >= 0.3 is 0 Å². The Balaban J connectivity index is 2.38. The fourth-order valence-corrected chi connectivity index (χ4v) is 2.33. The van der Waals surface area contributed by atoms with Crippen LogP contribution in [0.2, 0.25) is 0 Å². The number of carbonyl (C=O) groups is 1. The molecule has 0 aliphatic carbocycles. The first kappa shape index (κ1) is 19.5. The van der Waals surface area contributed by atoms with Gasteiger partial charge in [0.15, 0.2) is 0 Å². The highest BCUT2D eigenvalue weighted by Gasteiger charge is 2.17. The van der Waals surface area contributed by atoms with Crippen molar-refractivity contribution in [1.82, 2.24) is 10.2 Å². The van der Waals surface area contributed by atoms with E-state index < -0.39 is 6.10 Å². The maximum absolute atomic E-state index is 11.8. The summed E-state index contributed by atoms with van der Waals surface area (Å²) in [6, 6.07) is 5.94. The molecular weight excluding hydrogens is 292 g/mol. The molecule has 0 saturated heterocycles. The third-order valence-corrected chi connectivity index (χ3v) is 3.21. The average Bonchev–Trinajstić information content (AvgIpc) is 2.34. The number of aliphatic hydroxyl groups is 1. The highest BCUT2D eigenvalue weighted by Crippen LogP contribution is 2.18. The Morgan fingerprint density at radius 2 is 2.00 bits per heavy atom. The van der Waals surface area contributed by atoms with Gasteiger partial charge in [-0.3, -0.25) is 9.69 Å². The van der Waals surface area contributed by atoms with Crippen molar-refractivity contribution in [2.45, 2.75) is 46.3 Å². The molecule has 1 amide bonds. The van der Waals surface area contributed by atoms with Crippen LogP contribution in [0.1, 0.15) is 31.9 Å². The number of ether oxygens (including phenoxy) is 1. The lowest BCUT2D eigenvalue weighted by Gasteiger charge is -2.24. The minimum absolute atomic E-state index is 0.0532. The molecule has 1 aromatic carbocycles. The lowest BCUT2D eigenvalue weighted by atomic mass is 10.1. The number of rotatable bonds is 7. The molecule has 130 valence electrons. The maximum Gasteiger partial charge on any atom is 0.234 e. The normalized spacial score (nSPS) is 13.0. The smallest absolute Gasteiger partial charge is 0.234 e. The summed E-state index contributed by atoms with van der Waals surface area (Å²) >= 11 is 0. The van der Waals surface area contributed by atoms with E-state index in [1.54, 1.807) is 4.90 Å². The first-order valence-corrected chi connectivity index (χ1v) is 7.94. The molecule has 1 atom stereocenters. The van der Waals surface area contributed by atoms with E-state index in [0.29, 0.717) is 6.54 Å². The Hall–Kier alpha value is -1.59. The predicted molar refractivity (Wildman–Crippen MR) is 92.8 cm³/mol. The summed E-state index contributed by atoms with van der Waals surface area (Å²) < 4.78 is 5.66. The fraction of sp³-hybridized carbons (Fsp3) is 0.611. The van der Waals surface area contributed by atoms with Gasteiger partial charge < -0.3 is 15.2 Å². The van der Waals surface area contributed by atoms with Gasteiger partial charge in [-0.2, -0.15) is 0 Å². The number of aliphatic hydroxyl groups excluding tert-OH is 1. The van der Waals surface area contributed by atoms with Crippen LogP contribution >= 0.6 is 0 Å². The summed E-state index contributed by atoms with van der Waals surface area (Å²) in [5.74, 6) is 0.727. The number of aryl methyl sites for hydroxylation is 2. The van der Waals surface area contributed by atoms with Gasteiger partial charge in [-0.15, -0.1) is 0 Å². The second-order valence-electron chi connectivity index (χ2n) is 7.23. The zero-order valence-corrected chi connectivity index (χ0v) is 15.1. The Morgan fingerprint density at radius 3 is 2.57 bits per heavy atom. The van der Waals surface area contributed by atoms with Gasteiger partial charge in [0.1, 0.15) is 18.5 Å². The van der Waals surface area contributed by atoms with Crippen molar-refractivity contribution in [3.05, 3.63) is 29.3 Å². The summed E-state index contributed by atoms with van der Waals surface area (Å²) in [6.45, 7) is 10.7. The zero-order valence-electron chi connectivity index (χ0n) is 15.1. The van der Waals surface area contributed by atoms with Crippen LogP contribution in [0.5, 0.6) is 5.75 Å². The van der Waals surface area contributed by atoms with Crippen molar-refractivity contribution in [3.63, 3.8) is 0 Å². The number of amides is 1. The van der Waals surface area contributed by atoms with Gasteiger partial charge in [0.2, 0.25) is 5.91 Å². The molecule has 0 saturated carbocycles. The minimum Gasteiger partial charge on any atom is -0.491 e. The molecule has 0 spiro atoms. The molecule has 0 bridgehead atoms. The van der Waals surface area contributed by atoms with Crippen LogP contribution in [-0.4, -0.2) is 54.3 Å². The molecule has 0 fully saturated rings. The summed E-state index contributed by atoms with van der Waals surface area (Å²) in [7, 11) is 1.81. The molecule has 1 aromatic rings. The van der Waals surface area contributed by atoms with Crippen LogP contribution < -0.4 is 10.1 Å². The van der Waals surface area contributed by atoms with Gasteiger partial charge in [-0.25, -0.2) is 0 Å². The van der Waals surface area contributed by atoms with E-state index in [1.807, 2.05) is 59.9 Å². The molecule has 5 nitrogen and oxygen atoms in total. The van der Waals surface area contributed by atoms with Gasteiger partial charge in [0.05, 0.1) is 6.54 Å². The van der Waals surface area contributed by atoms with Crippen molar-refractivity contribution < 1.29 is 14.6 Å². The lowest BCUT2D eigenvalue weighted by molar-refractivity contribution is -0.123. The van der Waals surface area contributed by atoms with Crippen LogP contribution in [0.25, 0.3) is 0 Å². The van der Waals surface area contributed by atoms with Crippen LogP contribution in [0, 0.1) is 13.8 Å². The zero-order chi connectivity index (χ0) is 17.6. The van der Waals surface area contributed by atoms with Crippen molar-refractivity contribution in [2.75, 3.05) is 26.7 Å². The Morgan fingerprint density at radius 1 is 1.35 bits per heavy atom. The SMILES string of the molecule is Cc1ccc(OCC(O)CN(C)CC(=O)NC(C)(C)C)c(C)c1. The molecule has 0 radical (unpaired) electrons. The summed E-state index contributed by atoms with van der Waals surface area (Å²) in [6.07, 6.45) is -0.650. The average molecular weight is 322 g/mol. The predicted octanol–water partition coefficient (Wildman–Crippen LogP) is 1.89. The summed E-state index contributed by atoms with van der Waals surface area (Å²) in [4.78, 5) is 13.6. The number of benzene rings is 1. The highest BCUT2D eigenvalue weighted by atomic mass is 16.5.